The maximum absolute atomic E-state index is 10.8. The minimum Gasteiger partial charge on any atom is -0.480 e. The molecule has 0 saturated carbocycles. The van der Waals surface area contributed by atoms with Gasteiger partial charge in [-0.15, -0.1) is 11.8 Å². The van der Waals surface area contributed by atoms with Gasteiger partial charge in [0.25, 0.3) is 0 Å². The first-order valence-electron chi connectivity index (χ1n) is 4.65. The quantitative estimate of drug-likeness (QED) is 0.731. The van der Waals surface area contributed by atoms with Crippen LogP contribution < -0.4 is 5.32 Å². The van der Waals surface area contributed by atoms with E-state index in [-0.39, 0.29) is 4.87 Å². The predicted molar refractivity (Wildman–Crippen MR) is 56.5 cm³/mol. The van der Waals surface area contributed by atoms with Crippen LogP contribution in [-0.2, 0) is 9.53 Å². The second-order valence-electron chi connectivity index (χ2n) is 3.82. The van der Waals surface area contributed by atoms with E-state index in [4.69, 9.17) is 9.84 Å². The van der Waals surface area contributed by atoms with Crippen molar-refractivity contribution in [1.82, 2.24) is 5.32 Å². The summed E-state index contributed by atoms with van der Waals surface area (Å²) in [6.45, 7) is 4.69. The average molecular weight is 219 g/mol. The van der Waals surface area contributed by atoms with Crippen LogP contribution in [-0.4, -0.2) is 41.5 Å². The van der Waals surface area contributed by atoms with Gasteiger partial charge in [-0.1, -0.05) is 13.8 Å². The fraction of sp³-hybridized carbons (Fsp3) is 0.889. The van der Waals surface area contributed by atoms with E-state index in [1.807, 2.05) is 0 Å². The fourth-order valence-corrected chi connectivity index (χ4v) is 2.99. The smallest absolute Gasteiger partial charge is 0.321 e. The first kappa shape index (κ1) is 11.8. The van der Waals surface area contributed by atoms with Crippen LogP contribution in [0.15, 0.2) is 0 Å². The van der Waals surface area contributed by atoms with Crippen LogP contribution in [0.2, 0.25) is 0 Å². The van der Waals surface area contributed by atoms with E-state index < -0.39 is 12.0 Å². The highest BCUT2D eigenvalue weighted by Crippen LogP contribution is 2.36. The van der Waals surface area contributed by atoms with E-state index in [9.17, 15) is 4.79 Å². The van der Waals surface area contributed by atoms with Crippen molar-refractivity contribution in [3.05, 3.63) is 0 Å². The molecule has 1 fully saturated rings. The van der Waals surface area contributed by atoms with Crippen LogP contribution in [0, 0.1) is 5.92 Å². The summed E-state index contributed by atoms with van der Waals surface area (Å²) in [5, 5.41) is 12.0. The number of hydrogen-bond acceptors (Lipinski definition) is 4. The summed E-state index contributed by atoms with van der Waals surface area (Å²) >= 11 is 1.64. The second kappa shape index (κ2) is 4.51. The van der Waals surface area contributed by atoms with Gasteiger partial charge < -0.3 is 9.84 Å². The molecule has 1 heterocycles. The molecule has 0 aromatic rings. The van der Waals surface area contributed by atoms with Crippen LogP contribution in [0.3, 0.4) is 0 Å². The number of ether oxygens (including phenoxy) is 1. The number of nitrogens with one attached hydrogen (secondary N) is 1. The van der Waals surface area contributed by atoms with Crippen molar-refractivity contribution in [2.24, 2.45) is 5.92 Å². The Balaban J connectivity index is 2.69. The van der Waals surface area contributed by atoms with E-state index in [1.165, 1.54) is 0 Å². The van der Waals surface area contributed by atoms with Crippen molar-refractivity contribution in [3.63, 3.8) is 0 Å². The molecule has 2 N–H and O–H groups in total. The molecule has 82 valence electrons. The van der Waals surface area contributed by atoms with Gasteiger partial charge in [0.2, 0.25) is 0 Å². The van der Waals surface area contributed by atoms with Crippen molar-refractivity contribution in [3.8, 4) is 0 Å². The zero-order chi connectivity index (χ0) is 10.8. The van der Waals surface area contributed by atoms with Gasteiger partial charge in [0, 0.05) is 12.9 Å². The summed E-state index contributed by atoms with van der Waals surface area (Å²) in [5.41, 5.74) is 0. The van der Waals surface area contributed by atoms with Crippen molar-refractivity contribution in [2.75, 3.05) is 19.5 Å². The van der Waals surface area contributed by atoms with Gasteiger partial charge in [-0.25, -0.2) is 0 Å². The van der Waals surface area contributed by atoms with Crippen LogP contribution in [0.25, 0.3) is 0 Å². The number of aliphatic carboxylic acids is 1. The SMILES string of the molecule is COCC1(C(C)C)NC(C(=O)O)CS1. The summed E-state index contributed by atoms with van der Waals surface area (Å²) in [4.78, 5) is 10.6. The van der Waals surface area contributed by atoms with Crippen molar-refractivity contribution in [2.45, 2.75) is 24.8 Å². The zero-order valence-electron chi connectivity index (χ0n) is 8.74. The number of carboxylic acid groups (broad SMARTS) is 1. The van der Waals surface area contributed by atoms with E-state index in [2.05, 4.69) is 19.2 Å². The molecule has 2 atom stereocenters. The fourth-order valence-electron chi connectivity index (χ4n) is 1.54. The number of hydrogen-bond donors (Lipinski definition) is 2. The van der Waals surface area contributed by atoms with Gasteiger partial charge in [-0.3, -0.25) is 10.1 Å². The van der Waals surface area contributed by atoms with Crippen LogP contribution in [0.4, 0.5) is 0 Å². The van der Waals surface area contributed by atoms with Crippen LogP contribution >= 0.6 is 11.8 Å². The summed E-state index contributed by atoms with van der Waals surface area (Å²) in [6.07, 6.45) is 0. The van der Waals surface area contributed by atoms with Gasteiger partial charge in [0.15, 0.2) is 0 Å². The summed E-state index contributed by atoms with van der Waals surface area (Å²) in [7, 11) is 1.64. The third kappa shape index (κ3) is 2.21. The lowest BCUT2D eigenvalue weighted by Crippen LogP contribution is -2.51. The van der Waals surface area contributed by atoms with Crippen LogP contribution in [0.1, 0.15) is 13.8 Å². The van der Waals surface area contributed by atoms with Crippen LogP contribution in [0.5, 0.6) is 0 Å². The Kier molecular flexibility index (Phi) is 3.80. The Morgan fingerprint density at radius 2 is 2.43 bits per heavy atom. The highest BCUT2D eigenvalue weighted by atomic mass is 32.2. The molecule has 1 aliphatic heterocycles. The molecule has 14 heavy (non-hydrogen) atoms. The van der Waals surface area contributed by atoms with E-state index in [0.717, 1.165) is 0 Å². The van der Waals surface area contributed by atoms with Crippen molar-refractivity contribution < 1.29 is 14.6 Å². The number of thioether (sulfide) groups is 1. The lowest BCUT2D eigenvalue weighted by Gasteiger charge is -2.32. The van der Waals surface area contributed by atoms with E-state index >= 15 is 0 Å². The zero-order valence-corrected chi connectivity index (χ0v) is 9.56. The second-order valence-corrected chi connectivity index (χ2v) is 5.17. The molecule has 0 aromatic heterocycles. The Morgan fingerprint density at radius 1 is 1.79 bits per heavy atom. The lowest BCUT2D eigenvalue weighted by atomic mass is 10.0. The topological polar surface area (TPSA) is 58.6 Å². The molecule has 2 unspecified atom stereocenters. The number of rotatable bonds is 4. The van der Waals surface area contributed by atoms with Crippen molar-refractivity contribution in [1.29, 1.82) is 0 Å². The van der Waals surface area contributed by atoms with Gasteiger partial charge >= 0.3 is 5.97 Å². The first-order chi connectivity index (χ1) is 6.52. The highest BCUT2D eigenvalue weighted by molar-refractivity contribution is 8.01. The molecule has 0 spiro atoms. The largest absolute Gasteiger partial charge is 0.480 e. The predicted octanol–water partition coefficient (Wildman–Crippen LogP) is 0.775. The average Bonchev–Trinajstić information content (AvgIpc) is 2.50. The van der Waals surface area contributed by atoms with Gasteiger partial charge in [0.05, 0.1) is 11.5 Å². The number of carboxylic acids is 1. The minimum atomic E-state index is -0.781. The third-order valence-electron chi connectivity index (χ3n) is 2.52. The molecule has 5 heteroatoms. The first-order valence-corrected chi connectivity index (χ1v) is 5.64. The Morgan fingerprint density at radius 3 is 2.79 bits per heavy atom. The molecule has 0 aliphatic carbocycles. The standard InChI is InChI=1S/C9H17NO3S/c1-6(2)9(5-13-3)10-7(4-14-9)8(11)12/h6-7,10H,4-5H2,1-3H3,(H,11,12). The van der Waals surface area contributed by atoms with E-state index in [1.54, 1.807) is 18.9 Å². The third-order valence-corrected chi connectivity index (χ3v) is 4.24. The highest BCUT2D eigenvalue weighted by Gasteiger charge is 2.44. The van der Waals surface area contributed by atoms with E-state index in [0.29, 0.717) is 18.3 Å². The minimum absolute atomic E-state index is 0.238. The maximum Gasteiger partial charge on any atom is 0.321 e. The van der Waals surface area contributed by atoms with Gasteiger partial charge in [0.1, 0.15) is 6.04 Å². The monoisotopic (exact) mass is 219 g/mol. The van der Waals surface area contributed by atoms with Gasteiger partial charge in [-0.2, -0.15) is 0 Å². The molecule has 1 rings (SSSR count). The summed E-state index contributed by atoms with van der Waals surface area (Å²) < 4.78 is 5.14. The maximum atomic E-state index is 10.8. The van der Waals surface area contributed by atoms with Gasteiger partial charge in [-0.05, 0) is 5.92 Å². The molecule has 0 bridgehead atoms. The molecule has 1 saturated heterocycles. The molecular weight excluding hydrogens is 202 g/mol. The number of methoxy groups -OCH3 is 1. The Hall–Kier alpha value is -0.260. The van der Waals surface area contributed by atoms with Crippen molar-refractivity contribution >= 4 is 17.7 Å². The molecule has 4 nitrogen and oxygen atoms in total. The normalized spacial score (nSPS) is 32.4. The molecule has 1 aliphatic rings. The Bertz CT molecular complexity index is 222. The lowest BCUT2D eigenvalue weighted by molar-refractivity contribution is -0.139. The summed E-state index contributed by atoms with van der Waals surface area (Å²) in [6, 6.07) is -0.447. The Labute approximate surface area is 88.4 Å². The summed E-state index contributed by atoms with van der Waals surface area (Å²) in [5.74, 6) is 0.171. The molecule has 0 aromatic carbocycles. The number of carbonyl (C=O) groups is 1. The molecule has 0 radical (unpaired) electrons. The molecule has 0 amide bonds. The molecular formula is C9H17NO3S.